The minimum atomic E-state index is -0.304. The van der Waals surface area contributed by atoms with Gasteiger partial charge in [0, 0.05) is 6.04 Å². The molecular weight excluding hydrogens is 403 g/mol. The number of ether oxygens (including phenoxy) is 1. The van der Waals surface area contributed by atoms with Crippen molar-refractivity contribution in [3.63, 3.8) is 0 Å². The number of carbonyl (C=O) groups is 1. The molecule has 4 nitrogen and oxygen atoms in total. The van der Waals surface area contributed by atoms with Gasteiger partial charge in [-0.1, -0.05) is 24.8 Å². The first-order chi connectivity index (χ1) is 11.1. The van der Waals surface area contributed by atoms with Crippen LogP contribution in [0.25, 0.3) is 6.08 Å². The van der Waals surface area contributed by atoms with E-state index in [9.17, 15) is 10.1 Å². The molecule has 0 bridgehead atoms. The van der Waals surface area contributed by atoms with Crippen LogP contribution in [-0.2, 0) is 4.79 Å². The van der Waals surface area contributed by atoms with Crippen LogP contribution in [-0.4, -0.2) is 18.6 Å². The lowest BCUT2D eigenvalue weighted by Gasteiger charge is -2.11. The van der Waals surface area contributed by atoms with Crippen LogP contribution in [0.4, 0.5) is 0 Å². The molecule has 1 fully saturated rings. The van der Waals surface area contributed by atoms with Crippen LogP contribution in [0, 0.1) is 27.2 Å². The number of terminal acetylenes is 1. The van der Waals surface area contributed by atoms with Crippen LogP contribution in [0.5, 0.6) is 5.75 Å². The number of hydrogen-bond donors (Lipinski definition) is 1. The number of nitriles is 1. The number of hydrogen-bond acceptors (Lipinski definition) is 3. The maximum Gasteiger partial charge on any atom is 0.262 e. The highest BCUT2D eigenvalue weighted by molar-refractivity contribution is 14.1. The minimum absolute atomic E-state index is 0.116. The topological polar surface area (TPSA) is 62.1 Å². The lowest BCUT2D eigenvalue weighted by molar-refractivity contribution is -0.117. The van der Waals surface area contributed by atoms with Crippen molar-refractivity contribution in [2.24, 2.45) is 0 Å². The van der Waals surface area contributed by atoms with Gasteiger partial charge in [0.15, 0.2) is 0 Å². The van der Waals surface area contributed by atoms with Crippen molar-refractivity contribution in [1.82, 2.24) is 5.32 Å². The Bertz CT molecular complexity index is 692. The molecule has 0 spiro atoms. The third kappa shape index (κ3) is 5.01. The Hall–Kier alpha value is -1.99. The summed E-state index contributed by atoms with van der Waals surface area (Å²) in [6, 6.07) is 7.62. The highest BCUT2D eigenvalue weighted by Crippen LogP contribution is 2.23. The fourth-order valence-electron chi connectivity index (χ4n) is 2.49. The fraction of sp³-hybridized carbons (Fsp3) is 0.333. The van der Waals surface area contributed by atoms with Gasteiger partial charge in [0.25, 0.3) is 5.91 Å². The van der Waals surface area contributed by atoms with Crippen LogP contribution >= 0.6 is 22.6 Å². The van der Waals surface area contributed by atoms with Gasteiger partial charge in [-0.05, 0) is 59.2 Å². The molecule has 1 N–H and O–H groups in total. The molecule has 1 aromatic rings. The van der Waals surface area contributed by atoms with Crippen molar-refractivity contribution >= 4 is 34.6 Å². The molecule has 0 heterocycles. The smallest absolute Gasteiger partial charge is 0.262 e. The normalized spacial score (nSPS) is 14.8. The van der Waals surface area contributed by atoms with Crippen LogP contribution in [0.3, 0.4) is 0 Å². The summed E-state index contributed by atoms with van der Waals surface area (Å²) >= 11 is 2.14. The molecule has 1 aliphatic carbocycles. The Balaban J connectivity index is 2.11. The third-order valence-electron chi connectivity index (χ3n) is 3.63. The first-order valence-electron chi connectivity index (χ1n) is 7.42. The predicted molar refractivity (Wildman–Crippen MR) is 97.5 cm³/mol. The molecule has 118 valence electrons. The van der Waals surface area contributed by atoms with E-state index >= 15 is 0 Å². The maximum absolute atomic E-state index is 12.2. The first kappa shape index (κ1) is 17.4. The van der Waals surface area contributed by atoms with Gasteiger partial charge < -0.3 is 10.1 Å². The van der Waals surface area contributed by atoms with Crippen molar-refractivity contribution in [1.29, 1.82) is 5.26 Å². The second-order valence-electron chi connectivity index (χ2n) is 5.31. The Morgan fingerprint density at radius 2 is 2.22 bits per heavy atom. The molecule has 5 heteroatoms. The number of rotatable bonds is 5. The van der Waals surface area contributed by atoms with E-state index in [4.69, 9.17) is 11.2 Å². The molecule has 0 aliphatic heterocycles. The molecular formula is C18H17IN2O2. The van der Waals surface area contributed by atoms with Crippen molar-refractivity contribution in [2.75, 3.05) is 6.61 Å². The monoisotopic (exact) mass is 420 g/mol. The molecule has 1 amide bonds. The second kappa shape index (κ2) is 8.59. The van der Waals surface area contributed by atoms with Crippen molar-refractivity contribution in [3.05, 3.63) is 32.9 Å². The predicted octanol–water partition coefficient (Wildman–Crippen LogP) is 3.27. The zero-order valence-corrected chi connectivity index (χ0v) is 14.8. The molecule has 0 aromatic heterocycles. The van der Waals surface area contributed by atoms with Crippen molar-refractivity contribution < 1.29 is 9.53 Å². The van der Waals surface area contributed by atoms with Gasteiger partial charge in [-0.15, -0.1) is 6.42 Å². The van der Waals surface area contributed by atoms with E-state index in [1.54, 1.807) is 18.2 Å². The summed E-state index contributed by atoms with van der Waals surface area (Å²) < 4.78 is 6.27. The lowest BCUT2D eigenvalue weighted by atomic mass is 10.1. The summed E-state index contributed by atoms with van der Waals surface area (Å²) in [6.07, 6.45) is 11.0. The summed E-state index contributed by atoms with van der Waals surface area (Å²) in [4.78, 5) is 12.2. The molecule has 0 saturated heterocycles. The highest BCUT2D eigenvalue weighted by Gasteiger charge is 2.19. The van der Waals surface area contributed by atoms with Gasteiger partial charge in [0.1, 0.15) is 24.0 Å². The molecule has 0 atom stereocenters. The molecule has 0 unspecified atom stereocenters. The van der Waals surface area contributed by atoms with Gasteiger partial charge >= 0.3 is 0 Å². The Kier molecular flexibility index (Phi) is 6.49. The average Bonchev–Trinajstić information content (AvgIpc) is 3.04. The summed E-state index contributed by atoms with van der Waals surface area (Å²) in [7, 11) is 0. The van der Waals surface area contributed by atoms with E-state index in [1.165, 1.54) is 0 Å². The van der Waals surface area contributed by atoms with Crippen molar-refractivity contribution in [3.8, 4) is 24.2 Å². The fourth-order valence-corrected chi connectivity index (χ4v) is 3.19. The number of carbonyl (C=O) groups excluding carboxylic acids is 1. The van der Waals surface area contributed by atoms with Crippen molar-refractivity contribution in [2.45, 2.75) is 31.7 Å². The Labute approximate surface area is 150 Å². The zero-order chi connectivity index (χ0) is 16.7. The number of halogens is 1. The van der Waals surface area contributed by atoms with E-state index in [1.807, 2.05) is 12.1 Å². The zero-order valence-electron chi connectivity index (χ0n) is 12.6. The van der Waals surface area contributed by atoms with Gasteiger partial charge in [-0.25, -0.2) is 0 Å². The van der Waals surface area contributed by atoms with Crippen LogP contribution < -0.4 is 10.1 Å². The molecule has 1 aromatic carbocycles. The third-order valence-corrected chi connectivity index (χ3v) is 4.48. The standard InChI is InChI=1S/C18H17IN2O2/c1-2-9-23-17-8-7-13(11-16(17)19)10-14(12-20)18(22)21-15-5-3-4-6-15/h1,7-8,10-11,15H,3-6,9H2,(H,21,22)/b14-10-. The summed E-state index contributed by atoms with van der Waals surface area (Å²) in [5, 5.41) is 12.2. The lowest BCUT2D eigenvalue weighted by Crippen LogP contribution is -2.33. The number of benzene rings is 1. The van der Waals surface area contributed by atoms with E-state index in [-0.39, 0.29) is 24.1 Å². The first-order valence-corrected chi connectivity index (χ1v) is 8.50. The van der Waals surface area contributed by atoms with E-state index in [2.05, 4.69) is 33.8 Å². The summed E-state index contributed by atoms with van der Waals surface area (Å²) in [5.41, 5.74) is 0.894. The second-order valence-corrected chi connectivity index (χ2v) is 6.47. The largest absolute Gasteiger partial charge is 0.480 e. The highest BCUT2D eigenvalue weighted by atomic mass is 127. The van der Waals surface area contributed by atoms with E-state index in [0.29, 0.717) is 5.75 Å². The minimum Gasteiger partial charge on any atom is -0.480 e. The van der Waals surface area contributed by atoms with Gasteiger partial charge in [-0.3, -0.25) is 4.79 Å². The molecule has 23 heavy (non-hydrogen) atoms. The SMILES string of the molecule is C#CCOc1ccc(/C=C(/C#N)C(=O)NC2CCCC2)cc1I. The maximum atomic E-state index is 12.2. The molecule has 0 radical (unpaired) electrons. The summed E-state index contributed by atoms with van der Waals surface area (Å²) in [6.45, 7) is 0.207. The van der Waals surface area contributed by atoms with Crippen LogP contribution in [0.15, 0.2) is 23.8 Å². The Morgan fingerprint density at radius 1 is 1.48 bits per heavy atom. The average molecular weight is 420 g/mol. The van der Waals surface area contributed by atoms with Crippen LogP contribution in [0.2, 0.25) is 0 Å². The van der Waals surface area contributed by atoms with E-state index < -0.39 is 0 Å². The quantitative estimate of drug-likeness (QED) is 0.344. The van der Waals surface area contributed by atoms with Gasteiger partial charge in [-0.2, -0.15) is 5.26 Å². The molecule has 2 rings (SSSR count). The Morgan fingerprint density at radius 3 is 2.83 bits per heavy atom. The number of nitrogens with one attached hydrogen (secondary N) is 1. The summed E-state index contributed by atoms with van der Waals surface area (Å²) in [5.74, 6) is 2.80. The number of nitrogens with zero attached hydrogens (tertiary/aromatic N) is 1. The van der Waals surface area contributed by atoms with Crippen LogP contribution in [0.1, 0.15) is 31.2 Å². The van der Waals surface area contributed by atoms with E-state index in [0.717, 1.165) is 34.8 Å². The molecule has 1 aliphatic rings. The van der Waals surface area contributed by atoms with Gasteiger partial charge in [0.2, 0.25) is 0 Å². The van der Waals surface area contributed by atoms with Gasteiger partial charge in [0.05, 0.1) is 3.57 Å². The molecule has 1 saturated carbocycles. The number of amides is 1.